The first-order valence-corrected chi connectivity index (χ1v) is 8.65. The van der Waals surface area contributed by atoms with Crippen LogP contribution >= 0.6 is 24.2 Å². The van der Waals surface area contributed by atoms with Crippen molar-refractivity contribution in [2.24, 2.45) is 11.1 Å². The highest BCUT2D eigenvalue weighted by molar-refractivity contribution is 8.00. The summed E-state index contributed by atoms with van der Waals surface area (Å²) in [4.78, 5) is -0.106. The standard InChI is InChI=1S/C13H19F3N2O2S2.ClH/c1-12(2,8-17)9-18(3)22(19,20)11-6-4-10(5-7-11)21-13(14,15)16;/h4-7H,8-9,17H2,1-3H3;1H. The molecule has 0 bridgehead atoms. The van der Waals surface area contributed by atoms with Crippen molar-refractivity contribution in [1.82, 2.24) is 4.31 Å². The fraction of sp³-hybridized carbons (Fsp3) is 0.538. The second-order valence-corrected chi connectivity index (χ2v) is 8.83. The minimum Gasteiger partial charge on any atom is -0.330 e. The predicted octanol–water partition coefficient (Wildman–Crippen LogP) is 3.33. The summed E-state index contributed by atoms with van der Waals surface area (Å²) in [7, 11) is -2.33. The minimum absolute atomic E-state index is 0. The van der Waals surface area contributed by atoms with Crippen molar-refractivity contribution < 1.29 is 21.6 Å². The van der Waals surface area contributed by atoms with Crippen molar-refractivity contribution >= 4 is 34.2 Å². The van der Waals surface area contributed by atoms with Gasteiger partial charge in [0.25, 0.3) is 0 Å². The number of sulfonamides is 1. The number of nitrogens with two attached hydrogens (primary N) is 1. The molecule has 0 aliphatic carbocycles. The Balaban J connectivity index is 0.00000484. The van der Waals surface area contributed by atoms with E-state index >= 15 is 0 Å². The molecule has 0 fully saturated rings. The number of hydrogen-bond donors (Lipinski definition) is 1. The molecule has 0 aliphatic heterocycles. The van der Waals surface area contributed by atoms with E-state index in [-0.39, 0.29) is 40.5 Å². The van der Waals surface area contributed by atoms with Crippen LogP contribution in [0.1, 0.15) is 13.8 Å². The molecular weight excluding hydrogens is 373 g/mol. The SMILES string of the molecule is CN(CC(C)(C)CN)S(=O)(=O)c1ccc(SC(F)(F)F)cc1.Cl. The average molecular weight is 393 g/mol. The van der Waals surface area contributed by atoms with E-state index in [9.17, 15) is 21.6 Å². The van der Waals surface area contributed by atoms with Crippen molar-refractivity contribution in [2.45, 2.75) is 29.1 Å². The molecule has 1 rings (SSSR count). The van der Waals surface area contributed by atoms with Crippen molar-refractivity contribution in [1.29, 1.82) is 0 Å². The maximum Gasteiger partial charge on any atom is 0.446 e. The molecule has 0 heterocycles. The van der Waals surface area contributed by atoms with Crippen LogP contribution < -0.4 is 5.73 Å². The molecule has 2 N–H and O–H groups in total. The van der Waals surface area contributed by atoms with Crippen molar-refractivity contribution in [3.63, 3.8) is 0 Å². The van der Waals surface area contributed by atoms with Crippen LogP contribution in [0.5, 0.6) is 0 Å². The molecule has 10 heteroatoms. The average Bonchev–Trinajstić information content (AvgIpc) is 2.37. The molecule has 0 aliphatic rings. The third kappa shape index (κ3) is 6.88. The van der Waals surface area contributed by atoms with Gasteiger partial charge in [-0.05, 0) is 48.0 Å². The van der Waals surface area contributed by atoms with Crippen LogP contribution in [-0.4, -0.2) is 38.4 Å². The van der Waals surface area contributed by atoms with E-state index in [4.69, 9.17) is 5.73 Å². The number of halogens is 4. The summed E-state index contributed by atoms with van der Waals surface area (Å²) < 4.78 is 62.7. The second kappa shape index (κ2) is 8.06. The van der Waals surface area contributed by atoms with Crippen LogP contribution in [0.25, 0.3) is 0 Å². The maximum absolute atomic E-state index is 12.4. The van der Waals surface area contributed by atoms with E-state index < -0.39 is 20.9 Å². The van der Waals surface area contributed by atoms with E-state index in [0.29, 0.717) is 6.54 Å². The molecule has 134 valence electrons. The summed E-state index contributed by atoms with van der Waals surface area (Å²) in [6.45, 7) is 4.20. The van der Waals surface area contributed by atoms with Gasteiger partial charge in [0.1, 0.15) is 0 Å². The highest BCUT2D eigenvalue weighted by atomic mass is 35.5. The van der Waals surface area contributed by atoms with Gasteiger partial charge in [-0.25, -0.2) is 12.7 Å². The van der Waals surface area contributed by atoms with Gasteiger partial charge in [-0.1, -0.05) is 13.8 Å². The summed E-state index contributed by atoms with van der Waals surface area (Å²) in [5.74, 6) is 0. The molecule has 1 aromatic carbocycles. The number of alkyl halides is 3. The fourth-order valence-corrected chi connectivity index (χ4v) is 3.64. The zero-order valence-corrected chi connectivity index (χ0v) is 15.4. The Morgan fingerprint density at radius 1 is 1.17 bits per heavy atom. The van der Waals surface area contributed by atoms with Crippen LogP contribution in [-0.2, 0) is 10.0 Å². The number of hydrogen-bond acceptors (Lipinski definition) is 4. The molecule has 0 radical (unpaired) electrons. The number of thioether (sulfide) groups is 1. The van der Waals surface area contributed by atoms with Gasteiger partial charge < -0.3 is 5.73 Å². The first kappa shape index (κ1) is 22.5. The second-order valence-electron chi connectivity index (χ2n) is 5.65. The Labute approximate surface area is 145 Å². The van der Waals surface area contributed by atoms with Gasteiger partial charge in [-0.2, -0.15) is 13.2 Å². The molecule has 0 aromatic heterocycles. The zero-order chi connectivity index (χ0) is 17.2. The van der Waals surface area contributed by atoms with Crippen LogP contribution in [0, 0.1) is 5.41 Å². The van der Waals surface area contributed by atoms with E-state index in [1.54, 1.807) is 0 Å². The Hall–Kier alpha value is -0.480. The van der Waals surface area contributed by atoms with E-state index in [0.717, 1.165) is 16.4 Å². The molecule has 0 unspecified atom stereocenters. The molecule has 4 nitrogen and oxygen atoms in total. The first-order chi connectivity index (χ1) is 9.87. The highest BCUT2D eigenvalue weighted by Crippen LogP contribution is 2.37. The largest absolute Gasteiger partial charge is 0.446 e. The fourth-order valence-electron chi connectivity index (χ4n) is 1.75. The lowest BCUT2D eigenvalue weighted by atomic mass is 9.94. The van der Waals surface area contributed by atoms with E-state index in [1.165, 1.54) is 19.2 Å². The summed E-state index contributed by atoms with van der Waals surface area (Å²) in [6, 6.07) is 4.64. The summed E-state index contributed by atoms with van der Waals surface area (Å²) in [5.41, 5.74) is 0.789. The van der Waals surface area contributed by atoms with Gasteiger partial charge in [0.15, 0.2) is 0 Å². The van der Waals surface area contributed by atoms with Gasteiger partial charge in [0.2, 0.25) is 10.0 Å². The van der Waals surface area contributed by atoms with Crippen molar-refractivity contribution in [3.8, 4) is 0 Å². The lowest BCUT2D eigenvalue weighted by Crippen LogP contribution is -2.39. The van der Waals surface area contributed by atoms with Crippen LogP contribution in [0.15, 0.2) is 34.1 Å². The van der Waals surface area contributed by atoms with E-state index in [2.05, 4.69) is 0 Å². The summed E-state index contributed by atoms with van der Waals surface area (Å²) in [5, 5.41) is 0. The summed E-state index contributed by atoms with van der Waals surface area (Å²) in [6.07, 6.45) is 0. The van der Waals surface area contributed by atoms with Gasteiger partial charge in [-0.15, -0.1) is 12.4 Å². The van der Waals surface area contributed by atoms with Gasteiger partial charge in [-0.3, -0.25) is 0 Å². The lowest BCUT2D eigenvalue weighted by Gasteiger charge is -2.28. The molecule has 1 aromatic rings. The Morgan fingerprint density at radius 3 is 2.04 bits per heavy atom. The number of benzene rings is 1. The maximum atomic E-state index is 12.4. The van der Waals surface area contributed by atoms with E-state index in [1.807, 2.05) is 13.8 Å². The van der Waals surface area contributed by atoms with Crippen molar-refractivity contribution in [2.75, 3.05) is 20.1 Å². The van der Waals surface area contributed by atoms with Crippen LogP contribution in [0.3, 0.4) is 0 Å². The minimum atomic E-state index is -4.40. The first-order valence-electron chi connectivity index (χ1n) is 6.40. The number of rotatable bonds is 6. The van der Waals surface area contributed by atoms with Crippen molar-refractivity contribution in [3.05, 3.63) is 24.3 Å². The molecule has 0 atom stereocenters. The molecule has 0 saturated heterocycles. The van der Waals surface area contributed by atoms with Gasteiger partial charge in [0.05, 0.1) is 4.90 Å². The third-order valence-electron chi connectivity index (χ3n) is 2.97. The Morgan fingerprint density at radius 2 is 1.65 bits per heavy atom. The van der Waals surface area contributed by atoms with Crippen LogP contribution in [0.2, 0.25) is 0 Å². The van der Waals surface area contributed by atoms with Crippen LogP contribution in [0.4, 0.5) is 13.2 Å². The van der Waals surface area contributed by atoms with Gasteiger partial charge in [0, 0.05) is 18.5 Å². The summed E-state index contributed by atoms with van der Waals surface area (Å²) >= 11 is -0.283. The lowest BCUT2D eigenvalue weighted by molar-refractivity contribution is -0.0328. The van der Waals surface area contributed by atoms with Gasteiger partial charge >= 0.3 is 5.51 Å². The molecule has 0 saturated carbocycles. The Bertz CT molecular complexity index is 605. The zero-order valence-electron chi connectivity index (χ0n) is 12.9. The Kier molecular flexibility index (Phi) is 7.90. The monoisotopic (exact) mass is 392 g/mol. The molecular formula is C13H20ClF3N2O2S2. The third-order valence-corrected chi connectivity index (χ3v) is 5.53. The normalized spacial score (nSPS) is 13.0. The quantitative estimate of drug-likeness (QED) is 0.754. The predicted molar refractivity (Wildman–Crippen MR) is 88.3 cm³/mol. The highest BCUT2D eigenvalue weighted by Gasteiger charge is 2.30. The smallest absolute Gasteiger partial charge is 0.330 e. The molecule has 0 amide bonds. The molecule has 0 spiro atoms. The molecule has 23 heavy (non-hydrogen) atoms. The number of nitrogens with zero attached hydrogens (tertiary/aromatic N) is 1. The topological polar surface area (TPSA) is 63.4 Å².